The van der Waals surface area contributed by atoms with Crippen LogP contribution < -0.4 is 29.0 Å². The van der Waals surface area contributed by atoms with Crippen LogP contribution in [0.3, 0.4) is 0 Å². The molecule has 37 heavy (non-hydrogen) atoms. The lowest BCUT2D eigenvalue weighted by Gasteiger charge is -2.15. The van der Waals surface area contributed by atoms with Crippen LogP contribution in [-0.2, 0) is 0 Å². The molecule has 192 valence electrons. The van der Waals surface area contributed by atoms with Gasteiger partial charge in [0.15, 0.2) is 17.3 Å². The van der Waals surface area contributed by atoms with Gasteiger partial charge in [0.05, 0.1) is 50.2 Å². The van der Waals surface area contributed by atoms with E-state index in [9.17, 15) is 4.79 Å². The van der Waals surface area contributed by atoms with Crippen molar-refractivity contribution in [2.24, 2.45) is 0 Å². The number of anilines is 1. The highest BCUT2D eigenvalue weighted by Crippen LogP contribution is 2.45. The lowest BCUT2D eigenvalue weighted by Crippen LogP contribution is -2.03. The van der Waals surface area contributed by atoms with Crippen LogP contribution in [0, 0.1) is 0 Å². The molecular formula is C27H25BrN2O6S. The fourth-order valence-electron chi connectivity index (χ4n) is 3.68. The fraction of sp³-hybridized carbons (Fsp3) is 0.185. The van der Waals surface area contributed by atoms with Gasteiger partial charge in [-0.1, -0.05) is 0 Å². The van der Waals surface area contributed by atoms with Crippen molar-refractivity contribution in [3.63, 3.8) is 0 Å². The van der Waals surface area contributed by atoms with E-state index in [0.29, 0.717) is 33.0 Å². The van der Waals surface area contributed by atoms with Crippen LogP contribution in [0.25, 0.3) is 20.8 Å². The predicted molar refractivity (Wildman–Crippen MR) is 149 cm³/mol. The standard InChI is InChI=1S/C27H25BrN2O6S/c1-32-17-12-19-26(22(13-17)34-3)37-27(30-19)15-6-8-16(9-7-15)29-11-10-20(31)18-14-21(33-2)24(35-4)25(36-5)23(18)28/h6-14,29H,1-5H3/b11-10-. The van der Waals surface area contributed by atoms with Crippen LogP contribution >= 0.6 is 27.3 Å². The number of aromatic nitrogens is 1. The van der Waals surface area contributed by atoms with Gasteiger partial charge < -0.3 is 29.0 Å². The van der Waals surface area contributed by atoms with Crippen molar-refractivity contribution >= 4 is 49.0 Å². The molecule has 1 aromatic heterocycles. The number of ketones is 1. The summed E-state index contributed by atoms with van der Waals surface area (Å²) in [6.45, 7) is 0. The van der Waals surface area contributed by atoms with E-state index in [2.05, 4.69) is 21.2 Å². The highest BCUT2D eigenvalue weighted by atomic mass is 79.9. The maximum absolute atomic E-state index is 12.9. The van der Waals surface area contributed by atoms with Crippen LogP contribution in [0.1, 0.15) is 10.4 Å². The molecule has 3 aromatic carbocycles. The molecule has 0 aliphatic carbocycles. The Morgan fingerprint density at radius 1 is 0.892 bits per heavy atom. The van der Waals surface area contributed by atoms with E-state index in [0.717, 1.165) is 32.2 Å². The number of benzene rings is 3. The molecule has 0 fully saturated rings. The van der Waals surface area contributed by atoms with E-state index in [4.69, 9.17) is 28.7 Å². The number of allylic oxidation sites excluding steroid dienone is 1. The van der Waals surface area contributed by atoms with E-state index in [1.807, 2.05) is 36.4 Å². The summed E-state index contributed by atoms with van der Waals surface area (Å²) >= 11 is 4.99. The van der Waals surface area contributed by atoms with Crippen LogP contribution in [0.4, 0.5) is 5.69 Å². The molecule has 0 aliphatic rings. The Morgan fingerprint density at radius 3 is 2.22 bits per heavy atom. The minimum absolute atomic E-state index is 0.242. The average molecular weight is 585 g/mol. The van der Waals surface area contributed by atoms with Gasteiger partial charge in [-0.3, -0.25) is 4.79 Å². The van der Waals surface area contributed by atoms with Crippen LogP contribution in [0.15, 0.2) is 59.2 Å². The smallest absolute Gasteiger partial charge is 0.204 e. The molecule has 4 aromatic rings. The Morgan fingerprint density at radius 2 is 1.59 bits per heavy atom. The Hall–Kier alpha value is -3.76. The van der Waals surface area contributed by atoms with Gasteiger partial charge in [0.1, 0.15) is 16.5 Å². The van der Waals surface area contributed by atoms with Crippen LogP contribution in [-0.4, -0.2) is 46.3 Å². The molecule has 0 atom stereocenters. The van der Waals surface area contributed by atoms with Crippen LogP contribution in [0.5, 0.6) is 28.7 Å². The molecule has 0 radical (unpaired) electrons. The number of thiazole rings is 1. The van der Waals surface area contributed by atoms with Gasteiger partial charge in [-0.05, 0) is 46.3 Å². The summed E-state index contributed by atoms with van der Waals surface area (Å²) in [6.07, 6.45) is 3.02. The van der Waals surface area contributed by atoms with Crippen molar-refractivity contribution in [3.05, 3.63) is 64.8 Å². The van der Waals surface area contributed by atoms with Gasteiger partial charge in [0.2, 0.25) is 5.75 Å². The van der Waals surface area contributed by atoms with E-state index < -0.39 is 0 Å². The summed E-state index contributed by atoms with van der Waals surface area (Å²) in [5.74, 6) is 2.36. The summed E-state index contributed by atoms with van der Waals surface area (Å²) in [7, 11) is 7.76. The van der Waals surface area contributed by atoms with Gasteiger partial charge in [0, 0.05) is 41.2 Å². The number of carbonyl (C=O) groups is 1. The number of ether oxygens (including phenoxy) is 5. The largest absolute Gasteiger partial charge is 0.497 e. The lowest BCUT2D eigenvalue weighted by molar-refractivity contribution is 0.104. The second-order valence-corrected chi connectivity index (χ2v) is 9.42. The quantitative estimate of drug-likeness (QED) is 0.165. The third kappa shape index (κ3) is 5.35. The SMILES string of the molecule is COc1cc(OC)c2sc(-c3ccc(N/C=C\C(=O)c4cc(OC)c(OC)c(OC)c4Br)cc3)nc2c1. The molecule has 0 bridgehead atoms. The topological polar surface area (TPSA) is 88.1 Å². The molecule has 1 heterocycles. The summed E-state index contributed by atoms with van der Waals surface area (Å²) in [5.41, 5.74) is 2.98. The molecule has 0 unspecified atom stereocenters. The van der Waals surface area contributed by atoms with Gasteiger partial charge >= 0.3 is 0 Å². The van der Waals surface area contributed by atoms with Crippen LogP contribution in [0.2, 0.25) is 0 Å². The second-order valence-electron chi connectivity index (χ2n) is 7.62. The lowest BCUT2D eigenvalue weighted by atomic mass is 10.1. The first-order valence-electron chi connectivity index (χ1n) is 11.0. The molecule has 8 nitrogen and oxygen atoms in total. The van der Waals surface area contributed by atoms with E-state index >= 15 is 0 Å². The summed E-state index contributed by atoms with van der Waals surface area (Å²) < 4.78 is 28.4. The first-order chi connectivity index (χ1) is 17.9. The van der Waals surface area contributed by atoms with Gasteiger partial charge in [0.25, 0.3) is 0 Å². The predicted octanol–water partition coefficient (Wildman–Crippen LogP) is 6.58. The average Bonchev–Trinajstić information content (AvgIpc) is 3.36. The van der Waals surface area contributed by atoms with Gasteiger partial charge in [-0.25, -0.2) is 4.98 Å². The molecule has 1 N–H and O–H groups in total. The summed E-state index contributed by atoms with van der Waals surface area (Å²) in [4.78, 5) is 17.6. The molecule has 0 saturated heterocycles. The number of nitrogens with zero attached hydrogens (tertiary/aromatic N) is 1. The number of methoxy groups -OCH3 is 5. The molecule has 4 rings (SSSR count). The molecule has 0 saturated carbocycles. The van der Waals surface area contributed by atoms with Crippen molar-refractivity contribution in [1.29, 1.82) is 0 Å². The number of hydrogen-bond donors (Lipinski definition) is 1. The monoisotopic (exact) mass is 584 g/mol. The Balaban J connectivity index is 1.50. The molecule has 0 spiro atoms. The third-order valence-electron chi connectivity index (χ3n) is 5.54. The zero-order valence-corrected chi connectivity index (χ0v) is 23.3. The Kier molecular flexibility index (Phi) is 8.20. The highest BCUT2D eigenvalue weighted by Gasteiger charge is 2.21. The minimum Gasteiger partial charge on any atom is -0.497 e. The molecule has 0 amide bonds. The fourth-order valence-corrected chi connectivity index (χ4v) is 5.38. The first-order valence-corrected chi connectivity index (χ1v) is 12.6. The normalized spacial score (nSPS) is 11.0. The zero-order valence-electron chi connectivity index (χ0n) is 20.9. The maximum atomic E-state index is 12.9. The number of rotatable bonds is 10. The van der Waals surface area contributed by atoms with Gasteiger partial charge in [-0.2, -0.15) is 0 Å². The molecule has 10 heteroatoms. The second kappa shape index (κ2) is 11.5. The number of fused-ring (bicyclic) bond motifs is 1. The van der Waals surface area contributed by atoms with Crippen molar-refractivity contribution in [2.75, 3.05) is 40.9 Å². The molecule has 0 aliphatic heterocycles. The van der Waals surface area contributed by atoms with E-state index in [1.54, 1.807) is 37.8 Å². The van der Waals surface area contributed by atoms with Crippen molar-refractivity contribution in [2.45, 2.75) is 0 Å². The maximum Gasteiger partial charge on any atom is 0.204 e. The summed E-state index contributed by atoms with van der Waals surface area (Å²) in [5, 5.41) is 3.99. The number of hydrogen-bond acceptors (Lipinski definition) is 9. The van der Waals surface area contributed by atoms with Crippen molar-refractivity contribution < 1.29 is 28.5 Å². The van der Waals surface area contributed by atoms with Gasteiger partial charge in [-0.15, -0.1) is 11.3 Å². The van der Waals surface area contributed by atoms with Crippen molar-refractivity contribution in [1.82, 2.24) is 4.98 Å². The number of halogens is 1. The number of nitrogens with one attached hydrogen (secondary N) is 1. The first kappa shape index (κ1) is 26.3. The number of carbonyl (C=O) groups excluding carboxylic acids is 1. The Labute approximate surface area is 226 Å². The minimum atomic E-state index is -0.242. The van der Waals surface area contributed by atoms with E-state index in [1.165, 1.54) is 27.4 Å². The van der Waals surface area contributed by atoms with E-state index in [-0.39, 0.29) is 5.78 Å². The zero-order chi connectivity index (χ0) is 26.5. The Bertz CT molecular complexity index is 1470. The highest BCUT2D eigenvalue weighted by molar-refractivity contribution is 9.10. The third-order valence-corrected chi connectivity index (χ3v) is 7.46. The van der Waals surface area contributed by atoms with Crippen molar-refractivity contribution in [3.8, 4) is 39.3 Å². The summed E-state index contributed by atoms with van der Waals surface area (Å²) in [6, 6.07) is 13.1. The molecular weight excluding hydrogens is 560 g/mol.